The van der Waals surface area contributed by atoms with Crippen LogP contribution in [0.2, 0.25) is 0 Å². The number of amides is 1. The summed E-state index contributed by atoms with van der Waals surface area (Å²) >= 11 is 1.59. The molecule has 7 nitrogen and oxygen atoms in total. The first kappa shape index (κ1) is 19.9. The molecular formula is C24H19N5O2S. The number of para-hydroxylation sites is 2. The van der Waals surface area contributed by atoms with Crippen molar-refractivity contribution in [1.82, 2.24) is 20.0 Å². The largest absolute Gasteiger partial charge is 0.497 e. The topological polar surface area (TPSA) is 81.9 Å². The zero-order valence-corrected chi connectivity index (χ0v) is 18.3. The first-order chi connectivity index (χ1) is 15.6. The number of benzene rings is 3. The van der Waals surface area contributed by atoms with Crippen LogP contribution in [-0.4, -0.2) is 33.0 Å². The van der Waals surface area contributed by atoms with Crippen LogP contribution in [0.25, 0.3) is 26.5 Å². The molecule has 5 rings (SSSR count). The minimum atomic E-state index is -0.329. The molecule has 32 heavy (non-hydrogen) atoms. The minimum absolute atomic E-state index is 0.256. The average Bonchev–Trinajstić information content (AvgIpc) is 3.43. The summed E-state index contributed by atoms with van der Waals surface area (Å²) in [6, 6.07) is 23.0. The van der Waals surface area contributed by atoms with Crippen LogP contribution in [0.15, 0.2) is 72.8 Å². The number of hydrogen-bond acceptors (Lipinski definition) is 6. The highest BCUT2D eigenvalue weighted by Gasteiger charge is 2.20. The van der Waals surface area contributed by atoms with Crippen molar-refractivity contribution in [3.63, 3.8) is 0 Å². The predicted octanol–water partition coefficient (Wildman–Crippen LogP) is 5.11. The molecule has 0 unspecified atom stereocenters. The lowest BCUT2D eigenvalue weighted by atomic mass is 10.1. The third kappa shape index (κ3) is 3.61. The van der Waals surface area contributed by atoms with Gasteiger partial charge in [-0.3, -0.25) is 4.79 Å². The van der Waals surface area contributed by atoms with E-state index in [-0.39, 0.29) is 11.6 Å². The summed E-state index contributed by atoms with van der Waals surface area (Å²) in [6.45, 7) is 1.81. The number of nitrogens with zero attached hydrogens (tertiary/aromatic N) is 4. The number of ether oxygens (including phenoxy) is 1. The maximum atomic E-state index is 13.1. The van der Waals surface area contributed by atoms with E-state index in [2.05, 4.69) is 15.6 Å². The standard InChI is InChI=1S/C24H19N5O2S/c1-15-22(27-28-29(15)16-8-7-9-17(14-16)31-2)23(30)25-19-11-4-3-10-18(19)24-26-20-12-5-6-13-21(20)32-24/h3-14H,1-2H3,(H,25,30). The van der Waals surface area contributed by atoms with Crippen molar-refractivity contribution in [2.75, 3.05) is 12.4 Å². The summed E-state index contributed by atoms with van der Waals surface area (Å²) in [7, 11) is 1.61. The molecule has 0 fully saturated rings. The van der Waals surface area contributed by atoms with Crippen LogP contribution in [0.3, 0.4) is 0 Å². The van der Waals surface area contributed by atoms with Crippen LogP contribution < -0.4 is 10.1 Å². The molecule has 0 atom stereocenters. The first-order valence-electron chi connectivity index (χ1n) is 9.97. The molecule has 0 bridgehead atoms. The smallest absolute Gasteiger partial charge is 0.278 e. The van der Waals surface area contributed by atoms with Crippen molar-refractivity contribution in [2.24, 2.45) is 0 Å². The summed E-state index contributed by atoms with van der Waals surface area (Å²) < 4.78 is 8.00. The van der Waals surface area contributed by atoms with Gasteiger partial charge in [-0.15, -0.1) is 16.4 Å². The molecule has 0 aliphatic heterocycles. The van der Waals surface area contributed by atoms with Crippen LogP contribution in [-0.2, 0) is 0 Å². The van der Waals surface area contributed by atoms with Crippen molar-refractivity contribution >= 4 is 33.1 Å². The van der Waals surface area contributed by atoms with Gasteiger partial charge in [0.25, 0.3) is 5.91 Å². The number of carbonyl (C=O) groups excluding carboxylic acids is 1. The van der Waals surface area contributed by atoms with Crippen molar-refractivity contribution in [3.8, 4) is 22.0 Å². The van der Waals surface area contributed by atoms with Crippen LogP contribution in [0, 0.1) is 6.92 Å². The highest BCUT2D eigenvalue weighted by atomic mass is 32.1. The minimum Gasteiger partial charge on any atom is -0.497 e. The normalized spacial score (nSPS) is 10.9. The van der Waals surface area contributed by atoms with Crippen LogP contribution in [0.4, 0.5) is 5.69 Å². The van der Waals surface area contributed by atoms with Crippen LogP contribution in [0.1, 0.15) is 16.2 Å². The molecule has 158 valence electrons. The number of fused-ring (bicyclic) bond motifs is 1. The summed E-state index contributed by atoms with van der Waals surface area (Å²) in [5, 5.41) is 12.1. The number of anilines is 1. The fourth-order valence-electron chi connectivity index (χ4n) is 3.47. The van der Waals surface area contributed by atoms with E-state index in [0.29, 0.717) is 17.1 Å². The van der Waals surface area contributed by atoms with E-state index < -0.39 is 0 Å². The molecule has 0 aliphatic rings. The Morgan fingerprint density at radius 1 is 1.03 bits per heavy atom. The zero-order valence-electron chi connectivity index (χ0n) is 17.4. The van der Waals surface area contributed by atoms with E-state index in [9.17, 15) is 4.79 Å². The Kier molecular flexibility index (Phi) is 5.12. The number of carbonyl (C=O) groups is 1. The third-order valence-corrected chi connectivity index (χ3v) is 6.18. The number of thiazole rings is 1. The van der Waals surface area contributed by atoms with Gasteiger partial charge < -0.3 is 10.1 Å². The molecule has 2 aromatic heterocycles. The van der Waals surface area contributed by atoms with Crippen LogP contribution >= 0.6 is 11.3 Å². The highest BCUT2D eigenvalue weighted by molar-refractivity contribution is 7.21. The van der Waals surface area contributed by atoms with Crippen molar-refractivity contribution in [2.45, 2.75) is 6.92 Å². The van der Waals surface area contributed by atoms with Gasteiger partial charge in [0.1, 0.15) is 10.8 Å². The predicted molar refractivity (Wildman–Crippen MR) is 126 cm³/mol. The van der Waals surface area contributed by atoms with Gasteiger partial charge >= 0.3 is 0 Å². The van der Waals surface area contributed by atoms with Crippen molar-refractivity contribution in [1.29, 1.82) is 0 Å². The summed E-state index contributed by atoms with van der Waals surface area (Å²) in [6.07, 6.45) is 0. The molecule has 1 amide bonds. The summed E-state index contributed by atoms with van der Waals surface area (Å²) in [5.74, 6) is 0.373. The number of aromatic nitrogens is 4. The third-order valence-electron chi connectivity index (χ3n) is 5.11. The van der Waals surface area contributed by atoms with E-state index >= 15 is 0 Å². The second-order valence-corrected chi connectivity index (χ2v) is 8.15. The number of nitrogens with one attached hydrogen (secondary N) is 1. The van der Waals surface area contributed by atoms with E-state index in [4.69, 9.17) is 9.72 Å². The molecule has 0 aliphatic carbocycles. The average molecular weight is 442 g/mol. The fraction of sp³-hybridized carbons (Fsp3) is 0.0833. The molecule has 0 saturated carbocycles. The lowest BCUT2D eigenvalue weighted by Gasteiger charge is -2.09. The second-order valence-electron chi connectivity index (χ2n) is 7.12. The molecule has 0 spiro atoms. The molecular weight excluding hydrogens is 422 g/mol. The van der Waals surface area contributed by atoms with Crippen molar-refractivity contribution < 1.29 is 9.53 Å². The quantitative estimate of drug-likeness (QED) is 0.410. The maximum Gasteiger partial charge on any atom is 0.278 e. The monoisotopic (exact) mass is 441 g/mol. The SMILES string of the molecule is COc1cccc(-n2nnc(C(=O)Nc3ccccc3-c3nc4ccccc4s3)c2C)c1. The lowest BCUT2D eigenvalue weighted by Crippen LogP contribution is -2.14. The van der Waals surface area contributed by atoms with Crippen LogP contribution in [0.5, 0.6) is 5.75 Å². The fourth-order valence-corrected chi connectivity index (χ4v) is 4.48. The zero-order chi connectivity index (χ0) is 22.1. The number of rotatable bonds is 5. The molecule has 3 aromatic carbocycles. The van der Waals surface area contributed by atoms with E-state index in [0.717, 1.165) is 26.5 Å². The van der Waals surface area contributed by atoms with Gasteiger partial charge in [-0.1, -0.05) is 35.5 Å². The molecule has 8 heteroatoms. The Hall–Kier alpha value is -4.04. The molecule has 5 aromatic rings. The summed E-state index contributed by atoms with van der Waals surface area (Å²) in [4.78, 5) is 17.8. The Balaban J connectivity index is 1.46. The molecule has 0 radical (unpaired) electrons. The van der Waals surface area contributed by atoms with Gasteiger partial charge in [0.15, 0.2) is 5.69 Å². The van der Waals surface area contributed by atoms with E-state index in [1.807, 2.05) is 79.7 Å². The van der Waals surface area contributed by atoms with E-state index in [1.54, 1.807) is 23.1 Å². The Morgan fingerprint density at radius 2 is 1.84 bits per heavy atom. The number of hydrogen-bond donors (Lipinski definition) is 1. The maximum absolute atomic E-state index is 13.1. The highest BCUT2D eigenvalue weighted by Crippen LogP contribution is 2.34. The summed E-state index contributed by atoms with van der Waals surface area (Å²) in [5.41, 5.74) is 4.13. The Labute approximate surface area is 188 Å². The Morgan fingerprint density at radius 3 is 2.69 bits per heavy atom. The van der Waals surface area contributed by atoms with Gasteiger partial charge in [-0.05, 0) is 43.3 Å². The van der Waals surface area contributed by atoms with Gasteiger partial charge in [-0.25, -0.2) is 9.67 Å². The molecule has 2 heterocycles. The molecule has 0 saturated heterocycles. The van der Waals surface area contributed by atoms with Gasteiger partial charge in [-0.2, -0.15) is 0 Å². The van der Waals surface area contributed by atoms with Gasteiger partial charge in [0.2, 0.25) is 0 Å². The van der Waals surface area contributed by atoms with Gasteiger partial charge in [0.05, 0.1) is 34.4 Å². The Bertz CT molecular complexity index is 1410. The van der Waals surface area contributed by atoms with Gasteiger partial charge in [0, 0.05) is 11.6 Å². The second kappa shape index (κ2) is 8.24. The van der Waals surface area contributed by atoms with E-state index in [1.165, 1.54) is 0 Å². The van der Waals surface area contributed by atoms with Crippen molar-refractivity contribution in [3.05, 3.63) is 84.2 Å². The number of methoxy groups -OCH3 is 1. The lowest BCUT2D eigenvalue weighted by molar-refractivity contribution is 0.102. The molecule has 1 N–H and O–H groups in total. The first-order valence-corrected chi connectivity index (χ1v) is 10.8.